The molecule has 19 heavy (non-hydrogen) atoms. The van der Waals surface area contributed by atoms with Gasteiger partial charge in [-0.2, -0.15) is 0 Å². The second kappa shape index (κ2) is 9.85. The fourth-order valence-electron chi connectivity index (χ4n) is 3.41. The Morgan fingerprint density at radius 1 is 0.737 bits per heavy atom. The Balaban J connectivity index is 5.24. The standard InChI is InChI=1S/C12H38N2Si5/c1-9(2)13(10(3)4)19(18-17-16-15)14(11(5)6)12(7)8/h9-12,19H,16-18H2,1-8,15H3. The van der Waals surface area contributed by atoms with Gasteiger partial charge >= 0.3 is 0 Å². The molecule has 0 fully saturated rings. The second-order valence-electron chi connectivity index (χ2n) is 6.89. The first kappa shape index (κ1) is 20.0. The minimum absolute atomic E-state index is 0.285. The van der Waals surface area contributed by atoms with E-state index in [0.29, 0.717) is 17.1 Å². The van der Waals surface area contributed by atoms with Crippen LogP contribution >= 0.6 is 0 Å². The third kappa shape index (κ3) is 6.53. The summed E-state index contributed by atoms with van der Waals surface area (Å²) < 4.78 is 5.93. The van der Waals surface area contributed by atoms with E-state index in [2.05, 4.69) is 64.5 Å². The van der Waals surface area contributed by atoms with Gasteiger partial charge in [0.2, 0.25) is 0 Å². The zero-order chi connectivity index (χ0) is 15.2. The summed E-state index contributed by atoms with van der Waals surface area (Å²) in [6.45, 7) is 19.4. The van der Waals surface area contributed by atoms with Crippen molar-refractivity contribution >= 4 is 44.1 Å². The van der Waals surface area contributed by atoms with Gasteiger partial charge < -0.3 is 9.13 Å². The number of hydrogen-bond donors (Lipinski definition) is 0. The van der Waals surface area contributed by atoms with E-state index in [1.54, 1.807) is 9.76 Å². The molecular formula is C12H38N2Si5. The van der Waals surface area contributed by atoms with Crippen LogP contribution in [0.4, 0.5) is 0 Å². The highest BCUT2D eigenvalue weighted by Crippen LogP contribution is 2.16. The van der Waals surface area contributed by atoms with Crippen LogP contribution in [-0.4, -0.2) is 77.4 Å². The average molecular weight is 351 g/mol. The number of hydrogen-bond acceptors (Lipinski definition) is 2. The van der Waals surface area contributed by atoms with Crippen LogP contribution in [0.1, 0.15) is 55.4 Å². The van der Waals surface area contributed by atoms with Gasteiger partial charge in [-0.15, -0.1) is 0 Å². The normalized spacial score (nSPS) is 15.3. The van der Waals surface area contributed by atoms with Crippen molar-refractivity contribution in [3.63, 3.8) is 0 Å². The van der Waals surface area contributed by atoms with Gasteiger partial charge in [0.25, 0.3) is 0 Å². The van der Waals surface area contributed by atoms with Crippen molar-refractivity contribution < 1.29 is 0 Å². The maximum atomic E-state index is 2.96. The Hall–Kier alpha value is 1.00. The third-order valence-corrected chi connectivity index (χ3v) is 61.5. The Kier molecular flexibility index (Phi) is 10.4. The molecule has 0 amide bonds. The van der Waals surface area contributed by atoms with E-state index >= 15 is 0 Å². The predicted octanol–water partition coefficient (Wildman–Crippen LogP) is -1.44. The highest BCUT2D eigenvalue weighted by Gasteiger charge is 2.33. The van der Waals surface area contributed by atoms with Crippen LogP contribution in [0, 0.1) is 0 Å². The smallest absolute Gasteiger partial charge is 0.165 e. The minimum atomic E-state index is -0.789. The first-order valence-corrected chi connectivity index (χ1v) is 26.2. The molecule has 0 unspecified atom stereocenters. The molecular weight excluding hydrogens is 313 g/mol. The molecule has 0 bridgehead atoms. The molecule has 0 aromatic heterocycles. The molecule has 0 saturated heterocycles. The van der Waals surface area contributed by atoms with Crippen molar-refractivity contribution in [2.75, 3.05) is 0 Å². The average Bonchev–Trinajstić information content (AvgIpc) is 2.23. The summed E-state index contributed by atoms with van der Waals surface area (Å²) in [5, 5.41) is 0. The molecule has 0 atom stereocenters. The Morgan fingerprint density at radius 3 is 1.26 bits per heavy atom. The molecule has 0 aliphatic carbocycles. The van der Waals surface area contributed by atoms with E-state index in [1.807, 2.05) is 0 Å². The zero-order valence-corrected chi connectivity index (χ0v) is 22.3. The lowest BCUT2D eigenvalue weighted by molar-refractivity contribution is 0.232. The van der Waals surface area contributed by atoms with E-state index in [4.69, 9.17) is 0 Å². The highest BCUT2D eigenvalue weighted by molar-refractivity contribution is 7.53. The van der Waals surface area contributed by atoms with Crippen molar-refractivity contribution in [3.8, 4) is 0 Å². The molecule has 0 N–H and O–H groups in total. The van der Waals surface area contributed by atoms with Crippen molar-refractivity contribution in [1.82, 2.24) is 9.13 Å². The van der Waals surface area contributed by atoms with Gasteiger partial charge in [-0.25, -0.2) is 0 Å². The first-order chi connectivity index (χ1) is 8.73. The van der Waals surface area contributed by atoms with Gasteiger partial charge in [0, 0.05) is 8.55 Å². The molecule has 0 radical (unpaired) electrons. The lowest BCUT2D eigenvalue weighted by Crippen LogP contribution is -2.65. The van der Waals surface area contributed by atoms with E-state index in [1.165, 1.54) is 0 Å². The molecule has 0 aliphatic rings. The quantitative estimate of drug-likeness (QED) is 0.470. The van der Waals surface area contributed by atoms with Crippen LogP contribution < -0.4 is 0 Å². The zero-order valence-electron chi connectivity index (χ0n) is 14.9. The molecule has 0 heterocycles. The minimum Gasteiger partial charge on any atom is -0.312 e. The summed E-state index contributed by atoms with van der Waals surface area (Å²) in [7, 11) is 2.10. The lowest BCUT2D eigenvalue weighted by atomic mass is 10.3. The van der Waals surface area contributed by atoms with Crippen molar-refractivity contribution in [2.24, 2.45) is 0 Å². The van der Waals surface area contributed by atoms with Crippen molar-refractivity contribution in [2.45, 2.75) is 79.6 Å². The summed E-state index contributed by atoms with van der Waals surface area (Å²) in [4.78, 5) is 0. The van der Waals surface area contributed by atoms with E-state index in [-0.39, 0.29) is 8.55 Å². The second-order valence-corrected chi connectivity index (χ2v) is 40.9. The summed E-state index contributed by atoms with van der Waals surface area (Å²) in [5.74, 6) is 0. The van der Waals surface area contributed by atoms with Gasteiger partial charge in [-0.1, -0.05) is 55.4 Å². The van der Waals surface area contributed by atoms with Gasteiger partial charge in [0.15, 0.2) is 8.64 Å². The number of nitrogens with zero attached hydrogens (tertiary/aromatic N) is 2. The van der Waals surface area contributed by atoms with Gasteiger partial charge in [-0.05, 0) is 51.0 Å². The first-order valence-electron chi connectivity index (χ1n) is 8.28. The van der Waals surface area contributed by atoms with Gasteiger partial charge in [0.05, 0.1) is 0 Å². The Bertz CT molecular complexity index is 200. The topological polar surface area (TPSA) is 6.48 Å². The highest BCUT2D eigenvalue weighted by atomic mass is 29.8. The molecule has 0 aromatic carbocycles. The maximum absolute atomic E-state index is 2.96. The van der Waals surface area contributed by atoms with Crippen LogP contribution in [0.5, 0.6) is 0 Å². The Labute approximate surface area is 132 Å². The fourth-order valence-corrected chi connectivity index (χ4v) is 83.3. The monoisotopic (exact) mass is 350 g/mol. The third-order valence-electron chi connectivity index (χ3n) is 3.89. The maximum Gasteiger partial charge on any atom is 0.165 e. The SMILES string of the molecule is CC(C)N(C(C)C)[SiH]([SiH2][SiH2][SiH2][SiH3])N(C(C)C)C(C)C. The van der Waals surface area contributed by atoms with E-state index < -0.39 is 8.64 Å². The van der Waals surface area contributed by atoms with Crippen molar-refractivity contribution in [1.29, 1.82) is 0 Å². The van der Waals surface area contributed by atoms with E-state index in [9.17, 15) is 0 Å². The molecule has 7 heteroatoms. The summed E-state index contributed by atoms with van der Waals surface area (Å²) >= 11 is 0. The van der Waals surface area contributed by atoms with Crippen LogP contribution in [0.25, 0.3) is 0 Å². The molecule has 0 saturated carbocycles. The summed E-state index contributed by atoms with van der Waals surface area (Å²) in [6.07, 6.45) is 0. The Morgan fingerprint density at radius 2 is 1.05 bits per heavy atom. The van der Waals surface area contributed by atoms with Gasteiger partial charge in [0.1, 0.15) is 0 Å². The molecule has 0 rings (SSSR count). The van der Waals surface area contributed by atoms with Crippen molar-refractivity contribution in [3.05, 3.63) is 0 Å². The molecule has 0 spiro atoms. The van der Waals surface area contributed by atoms with Crippen LogP contribution in [0.2, 0.25) is 0 Å². The summed E-state index contributed by atoms with van der Waals surface area (Å²) in [5.41, 5.74) is 0. The fraction of sp³-hybridized carbons (Fsp3) is 1.00. The molecule has 2 nitrogen and oxygen atoms in total. The summed E-state index contributed by atoms with van der Waals surface area (Å²) in [6, 6.07) is 2.98. The van der Waals surface area contributed by atoms with Crippen LogP contribution in [0.3, 0.4) is 0 Å². The molecule has 0 aliphatic heterocycles. The molecule has 116 valence electrons. The lowest BCUT2D eigenvalue weighted by Gasteiger charge is -2.47. The van der Waals surface area contributed by atoms with Crippen LogP contribution in [0.15, 0.2) is 0 Å². The number of rotatable bonds is 9. The van der Waals surface area contributed by atoms with Gasteiger partial charge in [-0.3, -0.25) is 0 Å². The van der Waals surface area contributed by atoms with Crippen LogP contribution in [-0.2, 0) is 0 Å². The largest absolute Gasteiger partial charge is 0.312 e. The van der Waals surface area contributed by atoms with E-state index in [0.717, 1.165) is 24.2 Å². The molecule has 0 aromatic rings. The predicted molar refractivity (Wildman–Crippen MR) is 107 cm³/mol.